The zero-order chi connectivity index (χ0) is 10.7. The lowest BCUT2D eigenvalue weighted by atomic mass is 9.99. The second-order valence-corrected chi connectivity index (χ2v) is 3.62. The number of aliphatic hydroxyl groups is 1. The molecule has 0 spiro atoms. The topological polar surface area (TPSA) is 38.7 Å². The van der Waals surface area contributed by atoms with Crippen molar-refractivity contribution in [3.05, 3.63) is 23.3 Å². The van der Waals surface area contributed by atoms with E-state index in [1.807, 2.05) is 6.07 Å². The molecule has 0 aromatic heterocycles. The third-order valence-electron chi connectivity index (χ3n) is 2.70. The first-order valence-corrected chi connectivity index (χ1v) is 5.38. The van der Waals surface area contributed by atoms with E-state index in [1.54, 1.807) is 0 Å². The molecule has 3 nitrogen and oxygen atoms in total. The Balaban J connectivity index is 2.30. The Morgan fingerprint density at radius 1 is 1.33 bits per heavy atom. The fraction of sp³-hybridized carbons (Fsp3) is 0.500. The molecule has 0 atom stereocenters. The van der Waals surface area contributed by atoms with E-state index in [0.29, 0.717) is 6.79 Å². The van der Waals surface area contributed by atoms with Crippen LogP contribution in [-0.2, 0) is 12.8 Å². The molecule has 0 amide bonds. The summed E-state index contributed by atoms with van der Waals surface area (Å²) in [6.07, 6.45) is 2.64. The van der Waals surface area contributed by atoms with Crippen molar-refractivity contribution in [2.45, 2.75) is 26.2 Å². The Morgan fingerprint density at radius 2 is 2.20 bits per heavy atom. The summed E-state index contributed by atoms with van der Waals surface area (Å²) in [5.74, 6) is 1.74. The van der Waals surface area contributed by atoms with E-state index in [-0.39, 0.29) is 6.61 Å². The molecule has 0 radical (unpaired) electrons. The maximum absolute atomic E-state index is 8.83. The van der Waals surface area contributed by atoms with E-state index in [0.717, 1.165) is 30.8 Å². The summed E-state index contributed by atoms with van der Waals surface area (Å²) in [5.41, 5.74) is 2.48. The van der Waals surface area contributed by atoms with Gasteiger partial charge in [-0.2, -0.15) is 0 Å². The van der Waals surface area contributed by atoms with Gasteiger partial charge in [-0.3, -0.25) is 0 Å². The number of benzene rings is 1. The molecule has 3 heteroatoms. The van der Waals surface area contributed by atoms with E-state index >= 15 is 0 Å². The smallest absolute Gasteiger partial charge is 0.231 e. The molecule has 1 aromatic rings. The van der Waals surface area contributed by atoms with E-state index in [2.05, 4.69) is 13.0 Å². The zero-order valence-corrected chi connectivity index (χ0v) is 8.95. The van der Waals surface area contributed by atoms with E-state index in [1.165, 1.54) is 11.1 Å². The summed E-state index contributed by atoms with van der Waals surface area (Å²) >= 11 is 0. The SMILES string of the molecule is CCc1c(CCCO)ccc2c1OCO2. The third-order valence-corrected chi connectivity index (χ3v) is 2.70. The predicted molar refractivity (Wildman–Crippen MR) is 57.3 cm³/mol. The maximum Gasteiger partial charge on any atom is 0.231 e. The molecule has 1 aliphatic rings. The van der Waals surface area contributed by atoms with Gasteiger partial charge in [-0.05, 0) is 30.9 Å². The van der Waals surface area contributed by atoms with Crippen LogP contribution in [0.15, 0.2) is 12.1 Å². The second-order valence-electron chi connectivity index (χ2n) is 3.62. The van der Waals surface area contributed by atoms with Gasteiger partial charge in [0.05, 0.1) is 0 Å². The first kappa shape index (κ1) is 10.3. The minimum atomic E-state index is 0.234. The molecule has 0 saturated heterocycles. The largest absolute Gasteiger partial charge is 0.454 e. The second kappa shape index (κ2) is 4.53. The Kier molecular flexibility index (Phi) is 3.11. The van der Waals surface area contributed by atoms with Crippen molar-refractivity contribution in [2.24, 2.45) is 0 Å². The van der Waals surface area contributed by atoms with Gasteiger partial charge in [-0.15, -0.1) is 0 Å². The molecule has 0 bridgehead atoms. The summed E-state index contributed by atoms with van der Waals surface area (Å²) in [6.45, 7) is 2.67. The van der Waals surface area contributed by atoms with Gasteiger partial charge in [0.25, 0.3) is 0 Å². The van der Waals surface area contributed by atoms with Crippen LogP contribution in [0.1, 0.15) is 24.5 Å². The minimum absolute atomic E-state index is 0.234. The fourth-order valence-electron chi connectivity index (χ4n) is 1.96. The van der Waals surface area contributed by atoms with Crippen LogP contribution < -0.4 is 9.47 Å². The summed E-state index contributed by atoms with van der Waals surface area (Å²) in [5, 5.41) is 8.83. The van der Waals surface area contributed by atoms with Gasteiger partial charge in [0.15, 0.2) is 11.5 Å². The van der Waals surface area contributed by atoms with Crippen molar-refractivity contribution in [3.8, 4) is 11.5 Å². The Morgan fingerprint density at radius 3 is 2.93 bits per heavy atom. The highest BCUT2D eigenvalue weighted by Gasteiger charge is 2.19. The molecule has 1 aliphatic heterocycles. The van der Waals surface area contributed by atoms with Crippen molar-refractivity contribution in [3.63, 3.8) is 0 Å². The highest BCUT2D eigenvalue weighted by atomic mass is 16.7. The number of hydrogen-bond acceptors (Lipinski definition) is 3. The molecule has 0 unspecified atom stereocenters. The number of rotatable bonds is 4. The van der Waals surface area contributed by atoms with Crippen LogP contribution in [0.5, 0.6) is 11.5 Å². The van der Waals surface area contributed by atoms with Gasteiger partial charge in [0, 0.05) is 12.2 Å². The standard InChI is InChI=1S/C12H16O3/c1-2-10-9(4-3-7-13)5-6-11-12(10)15-8-14-11/h5-6,13H,2-4,7-8H2,1H3. The van der Waals surface area contributed by atoms with Crippen LogP contribution in [-0.4, -0.2) is 18.5 Å². The first-order valence-electron chi connectivity index (χ1n) is 5.38. The van der Waals surface area contributed by atoms with Crippen LogP contribution >= 0.6 is 0 Å². The monoisotopic (exact) mass is 208 g/mol. The third kappa shape index (κ3) is 1.92. The van der Waals surface area contributed by atoms with Crippen LogP contribution in [0.25, 0.3) is 0 Å². The molecular formula is C12H16O3. The molecular weight excluding hydrogens is 192 g/mol. The van der Waals surface area contributed by atoms with Gasteiger partial charge >= 0.3 is 0 Å². The molecule has 1 N–H and O–H groups in total. The number of hydrogen-bond donors (Lipinski definition) is 1. The molecule has 1 aromatic carbocycles. The Bertz CT molecular complexity index is 347. The van der Waals surface area contributed by atoms with Gasteiger partial charge in [0.2, 0.25) is 6.79 Å². The quantitative estimate of drug-likeness (QED) is 0.821. The molecule has 1 heterocycles. The van der Waals surface area contributed by atoms with Crippen LogP contribution in [0.3, 0.4) is 0 Å². The number of aryl methyl sites for hydroxylation is 1. The summed E-state index contributed by atoms with van der Waals surface area (Å²) in [6, 6.07) is 4.02. The zero-order valence-electron chi connectivity index (χ0n) is 8.95. The van der Waals surface area contributed by atoms with Crippen LogP contribution in [0.4, 0.5) is 0 Å². The summed E-state index contributed by atoms with van der Waals surface area (Å²) < 4.78 is 10.8. The van der Waals surface area contributed by atoms with Crippen molar-refractivity contribution in [1.29, 1.82) is 0 Å². The fourth-order valence-corrected chi connectivity index (χ4v) is 1.96. The summed E-state index contributed by atoms with van der Waals surface area (Å²) in [7, 11) is 0. The minimum Gasteiger partial charge on any atom is -0.454 e. The maximum atomic E-state index is 8.83. The average Bonchev–Trinajstić information content (AvgIpc) is 2.73. The highest BCUT2D eigenvalue weighted by molar-refractivity contribution is 5.52. The van der Waals surface area contributed by atoms with Gasteiger partial charge in [-0.1, -0.05) is 13.0 Å². The molecule has 15 heavy (non-hydrogen) atoms. The normalized spacial score (nSPS) is 13.2. The Hall–Kier alpha value is -1.22. The lowest BCUT2D eigenvalue weighted by Crippen LogP contribution is -1.98. The lowest BCUT2D eigenvalue weighted by molar-refractivity contribution is 0.173. The van der Waals surface area contributed by atoms with Crippen LogP contribution in [0, 0.1) is 0 Å². The Labute approximate surface area is 89.6 Å². The van der Waals surface area contributed by atoms with E-state index < -0.39 is 0 Å². The van der Waals surface area contributed by atoms with Gasteiger partial charge in [-0.25, -0.2) is 0 Å². The average molecular weight is 208 g/mol. The van der Waals surface area contributed by atoms with E-state index in [4.69, 9.17) is 14.6 Å². The molecule has 2 rings (SSSR count). The van der Waals surface area contributed by atoms with Gasteiger partial charge < -0.3 is 14.6 Å². The van der Waals surface area contributed by atoms with Crippen LogP contribution in [0.2, 0.25) is 0 Å². The molecule has 0 saturated carbocycles. The molecule has 82 valence electrons. The number of fused-ring (bicyclic) bond motifs is 1. The molecule has 0 fully saturated rings. The number of aliphatic hydroxyl groups excluding tert-OH is 1. The number of ether oxygens (including phenoxy) is 2. The summed E-state index contributed by atoms with van der Waals surface area (Å²) in [4.78, 5) is 0. The van der Waals surface area contributed by atoms with E-state index in [9.17, 15) is 0 Å². The van der Waals surface area contributed by atoms with Crippen molar-refractivity contribution in [1.82, 2.24) is 0 Å². The lowest BCUT2D eigenvalue weighted by Gasteiger charge is -2.10. The van der Waals surface area contributed by atoms with Gasteiger partial charge in [0.1, 0.15) is 0 Å². The van der Waals surface area contributed by atoms with Crippen molar-refractivity contribution < 1.29 is 14.6 Å². The predicted octanol–water partition coefficient (Wildman–Crippen LogP) is 1.90. The highest BCUT2D eigenvalue weighted by Crippen LogP contribution is 2.38. The molecule has 0 aliphatic carbocycles. The first-order chi connectivity index (χ1) is 7.36. The van der Waals surface area contributed by atoms with Crippen molar-refractivity contribution >= 4 is 0 Å². The van der Waals surface area contributed by atoms with Crippen molar-refractivity contribution in [2.75, 3.05) is 13.4 Å².